The number of carbonyl (C=O) groups excluding carboxylic acids is 1. The molecule has 0 bridgehead atoms. The molecule has 1 N–H and O–H groups in total. The van der Waals surface area contributed by atoms with Crippen LogP contribution in [0.3, 0.4) is 0 Å². The molecule has 1 aliphatic rings. The van der Waals surface area contributed by atoms with E-state index >= 15 is 0 Å². The predicted octanol–water partition coefficient (Wildman–Crippen LogP) is 2.37. The molecule has 3 atom stereocenters. The van der Waals surface area contributed by atoms with Gasteiger partial charge in [-0.05, 0) is 30.0 Å². The fourth-order valence-corrected chi connectivity index (χ4v) is 3.08. The van der Waals surface area contributed by atoms with E-state index in [9.17, 15) is 14.7 Å². The largest absolute Gasteiger partial charge is 0.497 e. The monoisotopic (exact) mass is 305 g/mol. The zero-order chi connectivity index (χ0) is 16.3. The number of aliphatic carboxylic acids is 1. The van der Waals surface area contributed by atoms with Gasteiger partial charge in [0.15, 0.2) is 0 Å². The molecule has 1 heterocycles. The highest BCUT2D eigenvalue weighted by atomic mass is 16.5. The molecule has 1 aromatic carbocycles. The number of methoxy groups -OCH3 is 1. The topological polar surface area (TPSA) is 66.8 Å². The van der Waals surface area contributed by atoms with Crippen LogP contribution in [-0.4, -0.2) is 42.1 Å². The number of hydrogen-bond donors (Lipinski definition) is 1. The van der Waals surface area contributed by atoms with E-state index in [2.05, 4.69) is 0 Å². The number of likely N-dealkylation sites (tertiary alicyclic amines) is 1. The van der Waals surface area contributed by atoms with Crippen molar-refractivity contribution >= 4 is 11.9 Å². The van der Waals surface area contributed by atoms with Gasteiger partial charge in [0, 0.05) is 13.1 Å². The number of ether oxygens (including phenoxy) is 1. The van der Waals surface area contributed by atoms with Gasteiger partial charge in [0.2, 0.25) is 5.91 Å². The van der Waals surface area contributed by atoms with Gasteiger partial charge in [-0.3, -0.25) is 9.59 Å². The van der Waals surface area contributed by atoms with Gasteiger partial charge in [-0.25, -0.2) is 0 Å². The van der Waals surface area contributed by atoms with Gasteiger partial charge in [-0.1, -0.05) is 26.0 Å². The Morgan fingerprint density at radius 1 is 1.32 bits per heavy atom. The molecule has 1 amide bonds. The summed E-state index contributed by atoms with van der Waals surface area (Å²) in [6.07, 6.45) is 0.688. The van der Waals surface area contributed by atoms with Gasteiger partial charge in [-0.15, -0.1) is 0 Å². The van der Waals surface area contributed by atoms with Crippen molar-refractivity contribution in [1.82, 2.24) is 4.90 Å². The summed E-state index contributed by atoms with van der Waals surface area (Å²) < 4.78 is 5.14. The van der Waals surface area contributed by atoms with Gasteiger partial charge in [-0.2, -0.15) is 0 Å². The van der Waals surface area contributed by atoms with Crippen molar-refractivity contribution < 1.29 is 19.4 Å². The molecule has 0 aromatic heterocycles. The number of hydrogen-bond acceptors (Lipinski definition) is 3. The van der Waals surface area contributed by atoms with E-state index < -0.39 is 11.9 Å². The van der Waals surface area contributed by atoms with Gasteiger partial charge in [0.05, 0.1) is 18.9 Å². The summed E-state index contributed by atoms with van der Waals surface area (Å²) in [5.74, 6) is -0.742. The quantitative estimate of drug-likeness (QED) is 0.907. The van der Waals surface area contributed by atoms with Crippen LogP contribution in [0.4, 0.5) is 0 Å². The van der Waals surface area contributed by atoms with Crippen molar-refractivity contribution in [2.24, 2.45) is 11.8 Å². The lowest BCUT2D eigenvalue weighted by atomic mass is 9.95. The number of amides is 1. The third-order valence-electron chi connectivity index (χ3n) is 4.47. The van der Waals surface area contributed by atoms with Crippen LogP contribution < -0.4 is 4.74 Å². The molecular weight excluding hydrogens is 282 g/mol. The lowest BCUT2D eigenvalue weighted by Crippen LogP contribution is -2.34. The highest BCUT2D eigenvalue weighted by Gasteiger charge is 2.38. The molecule has 1 unspecified atom stereocenters. The Kier molecular flexibility index (Phi) is 5.06. The Morgan fingerprint density at radius 3 is 2.41 bits per heavy atom. The summed E-state index contributed by atoms with van der Waals surface area (Å²) in [6.45, 7) is 4.69. The first-order valence-electron chi connectivity index (χ1n) is 7.63. The van der Waals surface area contributed by atoms with Crippen LogP contribution >= 0.6 is 0 Å². The smallest absolute Gasteiger partial charge is 0.308 e. The lowest BCUT2D eigenvalue weighted by Gasteiger charge is -2.23. The molecule has 2 rings (SSSR count). The molecule has 0 spiro atoms. The number of nitrogens with zero attached hydrogens (tertiary/aromatic N) is 1. The van der Waals surface area contributed by atoms with Crippen molar-refractivity contribution in [3.05, 3.63) is 29.8 Å². The molecule has 0 saturated carbocycles. The third kappa shape index (κ3) is 3.24. The third-order valence-corrected chi connectivity index (χ3v) is 4.47. The maximum atomic E-state index is 12.7. The molecule has 22 heavy (non-hydrogen) atoms. The number of carbonyl (C=O) groups is 2. The summed E-state index contributed by atoms with van der Waals surface area (Å²) in [6, 6.07) is 7.49. The SMILES string of the molecule is CCC(C(=O)N1C[C@@H](C)[C@H](C(=O)O)C1)c1ccc(OC)cc1. The first-order chi connectivity index (χ1) is 10.5. The Bertz CT molecular complexity index is 540. The molecule has 1 aromatic rings. The van der Waals surface area contributed by atoms with E-state index in [1.54, 1.807) is 12.0 Å². The van der Waals surface area contributed by atoms with Crippen LogP contribution in [0.15, 0.2) is 24.3 Å². The van der Waals surface area contributed by atoms with E-state index in [0.717, 1.165) is 11.3 Å². The average molecular weight is 305 g/mol. The van der Waals surface area contributed by atoms with Crippen LogP contribution in [0, 0.1) is 11.8 Å². The van der Waals surface area contributed by atoms with Crippen LogP contribution in [0.1, 0.15) is 31.7 Å². The Morgan fingerprint density at radius 2 is 1.95 bits per heavy atom. The van der Waals surface area contributed by atoms with Gasteiger partial charge >= 0.3 is 5.97 Å². The first kappa shape index (κ1) is 16.3. The second kappa shape index (κ2) is 6.81. The average Bonchev–Trinajstić information content (AvgIpc) is 2.91. The Hall–Kier alpha value is -2.04. The van der Waals surface area contributed by atoms with Crippen LogP contribution in [0.5, 0.6) is 5.75 Å². The summed E-state index contributed by atoms with van der Waals surface area (Å²) >= 11 is 0. The fourth-order valence-electron chi connectivity index (χ4n) is 3.08. The normalized spacial score (nSPS) is 22.4. The second-order valence-corrected chi connectivity index (χ2v) is 5.90. The summed E-state index contributed by atoms with van der Waals surface area (Å²) in [5.41, 5.74) is 0.944. The standard InChI is InChI=1S/C17H23NO4/c1-4-14(12-5-7-13(22-3)8-6-12)16(19)18-9-11(2)15(10-18)17(20)21/h5-8,11,14-15H,4,9-10H2,1-3H3,(H,20,21)/t11-,14?,15-/m1/s1. The van der Waals surface area contributed by atoms with Gasteiger partial charge in [0.1, 0.15) is 5.75 Å². The van der Waals surface area contributed by atoms with Crippen molar-refractivity contribution in [1.29, 1.82) is 0 Å². The molecule has 1 fully saturated rings. The minimum atomic E-state index is -0.819. The summed E-state index contributed by atoms with van der Waals surface area (Å²) in [5, 5.41) is 9.20. The van der Waals surface area contributed by atoms with E-state index in [1.807, 2.05) is 38.1 Å². The minimum Gasteiger partial charge on any atom is -0.497 e. The molecule has 1 aliphatic heterocycles. The Labute approximate surface area is 130 Å². The maximum Gasteiger partial charge on any atom is 0.308 e. The van der Waals surface area contributed by atoms with Crippen molar-refractivity contribution in [2.75, 3.05) is 20.2 Å². The van der Waals surface area contributed by atoms with Crippen LogP contribution in [0.25, 0.3) is 0 Å². The molecule has 1 saturated heterocycles. The van der Waals surface area contributed by atoms with Gasteiger partial charge < -0.3 is 14.7 Å². The van der Waals surface area contributed by atoms with Crippen LogP contribution in [0.2, 0.25) is 0 Å². The van der Waals surface area contributed by atoms with Crippen LogP contribution in [-0.2, 0) is 9.59 Å². The van der Waals surface area contributed by atoms with E-state index in [0.29, 0.717) is 19.5 Å². The molecule has 5 heteroatoms. The molecule has 5 nitrogen and oxygen atoms in total. The summed E-state index contributed by atoms with van der Waals surface area (Å²) in [4.78, 5) is 25.7. The lowest BCUT2D eigenvalue weighted by molar-refractivity contribution is -0.142. The minimum absolute atomic E-state index is 0.00479. The second-order valence-electron chi connectivity index (χ2n) is 5.90. The molecule has 0 radical (unpaired) electrons. The molecule has 120 valence electrons. The fraction of sp³-hybridized carbons (Fsp3) is 0.529. The number of carboxylic acids is 1. The molecular formula is C17H23NO4. The van der Waals surface area contributed by atoms with E-state index in [-0.39, 0.29) is 17.7 Å². The highest BCUT2D eigenvalue weighted by Crippen LogP contribution is 2.29. The molecule has 0 aliphatic carbocycles. The van der Waals surface area contributed by atoms with Gasteiger partial charge in [0.25, 0.3) is 0 Å². The summed E-state index contributed by atoms with van der Waals surface area (Å²) in [7, 11) is 1.61. The Balaban J connectivity index is 2.13. The zero-order valence-electron chi connectivity index (χ0n) is 13.3. The number of benzene rings is 1. The highest BCUT2D eigenvalue weighted by molar-refractivity contribution is 5.85. The number of carboxylic acid groups (broad SMARTS) is 1. The first-order valence-corrected chi connectivity index (χ1v) is 7.63. The van der Waals surface area contributed by atoms with Crippen molar-refractivity contribution in [3.8, 4) is 5.75 Å². The zero-order valence-corrected chi connectivity index (χ0v) is 13.3. The van der Waals surface area contributed by atoms with Crippen molar-refractivity contribution in [2.45, 2.75) is 26.2 Å². The van der Waals surface area contributed by atoms with Crippen molar-refractivity contribution in [3.63, 3.8) is 0 Å². The van der Waals surface area contributed by atoms with E-state index in [4.69, 9.17) is 4.74 Å². The predicted molar refractivity (Wildman–Crippen MR) is 82.9 cm³/mol. The van der Waals surface area contributed by atoms with E-state index in [1.165, 1.54) is 0 Å². The number of rotatable bonds is 5. The maximum absolute atomic E-state index is 12.7.